The third-order valence-corrected chi connectivity index (χ3v) is 3.75. The van der Waals surface area contributed by atoms with Crippen LogP contribution in [-0.2, 0) is 4.79 Å². The first kappa shape index (κ1) is 13.5. The second-order valence-corrected chi connectivity index (χ2v) is 5.49. The summed E-state index contributed by atoms with van der Waals surface area (Å²) in [6, 6.07) is 0.597. The van der Waals surface area contributed by atoms with Crippen molar-refractivity contribution in [3.8, 4) is 0 Å². The van der Waals surface area contributed by atoms with Gasteiger partial charge in [-0.2, -0.15) is 0 Å². The highest BCUT2D eigenvalue weighted by molar-refractivity contribution is 5.78. The van der Waals surface area contributed by atoms with Crippen LogP contribution in [0, 0.1) is 11.8 Å². The first-order chi connectivity index (χ1) is 7.43. The van der Waals surface area contributed by atoms with Crippen LogP contribution in [0.3, 0.4) is 0 Å². The second kappa shape index (κ2) is 5.67. The van der Waals surface area contributed by atoms with E-state index in [4.69, 9.17) is 0 Å². The number of hydrogen-bond donors (Lipinski definition) is 0. The fourth-order valence-corrected chi connectivity index (χ4v) is 2.03. The van der Waals surface area contributed by atoms with Crippen LogP contribution in [0.1, 0.15) is 34.6 Å². The van der Waals surface area contributed by atoms with E-state index in [2.05, 4.69) is 32.6 Å². The van der Waals surface area contributed by atoms with Gasteiger partial charge in [0.1, 0.15) is 0 Å². The number of nitrogens with zero attached hydrogens (tertiary/aromatic N) is 2. The summed E-state index contributed by atoms with van der Waals surface area (Å²) in [6.45, 7) is 14.6. The summed E-state index contributed by atoms with van der Waals surface area (Å²) in [5.74, 6) is 0.930. The Morgan fingerprint density at radius 1 is 0.938 bits per heavy atom. The van der Waals surface area contributed by atoms with Gasteiger partial charge in [-0.1, -0.05) is 20.8 Å². The van der Waals surface area contributed by atoms with Crippen molar-refractivity contribution in [2.24, 2.45) is 11.8 Å². The number of rotatable bonds is 3. The maximum atomic E-state index is 12.1. The Morgan fingerprint density at radius 2 is 1.44 bits per heavy atom. The molecule has 1 unspecified atom stereocenters. The van der Waals surface area contributed by atoms with E-state index in [1.54, 1.807) is 0 Å². The highest BCUT2D eigenvalue weighted by Crippen LogP contribution is 2.15. The zero-order valence-corrected chi connectivity index (χ0v) is 11.4. The molecule has 1 amide bonds. The Hall–Kier alpha value is -0.570. The van der Waals surface area contributed by atoms with Gasteiger partial charge in [0.05, 0.1) is 0 Å². The van der Waals surface area contributed by atoms with Gasteiger partial charge in [0.2, 0.25) is 5.91 Å². The lowest BCUT2D eigenvalue weighted by Crippen LogP contribution is -2.52. The van der Waals surface area contributed by atoms with Crippen molar-refractivity contribution in [3.05, 3.63) is 0 Å². The molecule has 1 aliphatic rings. The summed E-state index contributed by atoms with van der Waals surface area (Å²) in [5, 5.41) is 0. The summed E-state index contributed by atoms with van der Waals surface area (Å²) >= 11 is 0. The van der Waals surface area contributed by atoms with Gasteiger partial charge in [0.15, 0.2) is 0 Å². The van der Waals surface area contributed by atoms with E-state index < -0.39 is 0 Å². The third-order valence-electron chi connectivity index (χ3n) is 3.75. The van der Waals surface area contributed by atoms with Crippen molar-refractivity contribution in [3.63, 3.8) is 0 Å². The van der Waals surface area contributed by atoms with Gasteiger partial charge in [-0.05, 0) is 19.8 Å². The van der Waals surface area contributed by atoms with Crippen LogP contribution in [0.4, 0.5) is 0 Å². The monoisotopic (exact) mass is 226 g/mol. The Kier molecular flexibility index (Phi) is 4.78. The maximum Gasteiger partial charge on any atom is 0.225 e. The molecule has 0 N–H and O–H groups in total. The van der Waals surface area contributed by atoms with Gasteiger partial charge in [-0.25, -0.2) is 0 Å². The molecule has 0 bridgehead atoms. The summed E-state index contributed by atoms with van der Waals surface area (Å²) in [4.78, 5) is 16.6. The molecule has 94 valence electrons. The second-order valence-electron chi connectivity index (χ2n) is 5.49. The van der Waals surface area contributed by atoms with Crippen molar-refractivity contribution < 1.29 is 4.79 Å². The zero-order chi connectivity index (χ0) is 12.3. The quantitative estimate of drug-likeness (QED) is 0.733. The van der Waals surface area contributed by atoms with E-state index in [1.165, 1.54) is 0 Å². The molecule has 0 aromatic heterocycles. The molecule has 1 saturated heterocycles. The summed E-state index contributed by atoms with van der Waals surface area (Å²) in [6.07, 6.45) is 0. The van der Waals surface area contributed by atoms with E-state index in [9.17, 15) is 4.79 Å². The Bertz CT molecular complexity index is 230. The molecule has 16 heavy (non-hydrogen) atoms. The molecule has 0 spiro atoms. The average molecular weight is 226 g/mol. The highest BCUT2D eigenvalue weighted by atomic mass is 16.2. The molecule has 0 aromatic rings. The van der Waals surface area contributed by atoms with E-state index in [0.717, 1.165) is 26.2 Å². The van der Waals surface area contributed by atoms with Crippen LogP contribution < -0.4 is 0 Å². The fraction of sp³-hybridized carbons (Fsp3) is 0.923. The zero-order valence-electron chi connectivity index (χ0n) is 11.4. The molecular formula is C13H26N2O. The maximum absolute atomic E-state index is 12.1. The molecule has 1 aliphatic heterocycles. The van der Waals surface area contributed by atoms with Crippen molar-refractivity contribution in [2.45, 2.75) is 40.7 Å². The number of amides is 1. The summed E-state index contributed by atoms with van der Waals surface area (Å²) < 4.78 is 0. The van der Waals surface area contributed by atoms with Crippen LogP contribution in [-0.4, -0.2) is 47.9 Å². The minimum Gasteiger partial charge on any atom is -0.340 e. The Labute approximate surface area is 99.8 Å². The van der Waals surface area contributed by atoms with Gasteiger partial charge < -0.3 is 4.90 Å². The fourth-order valence-electron chi connectivity index (χ4n) is 2.03. The minimum atomic E-state index is 0.158. The molecule has 1 atom stereocenters. The Morgan fingerprint density at radius 3 is 1.81 bits per heavy atom. The molecule has 3 heteroatoms. The van der Waals surface area contributed by atoms with Gasteiger partial charge in [-0.3, -0.25) is 9.69 Å². The normalized spacial score (nSPS) is 20.6. The van der Waals surface area contributed by atoms with Crippen molar-refractivity contribution in [2.75, 3.05) is 26.2 Å². The van der Waals surface area contributed by atoms with Gasteiger partial charge >= 0.3 is 0 Å². The number of carbonyl (C=O) groups is 1. The minimum absolute atomic E-state index is 0.158. The lowest BCUT2D eigenvalue weighted by molar-refractivity contribution is -0.138. The summed E-state index contributed by atoms with van der Waals surface area (Å²) in [7, 11) is 0. The molecule has 1 fully saturated rings. The SMILES string of the molecule is CC(C)C(C)C(=O)N1CCN(C(C)C)CC1. The van der Waals surface area contributed by atoms with E-state index >= 15 is 0 Å². The number of carbonyl (C=O) groups excluding carboxylic acids is 1. The van der Waals surface area contributed by atoms with Crippen LogP contribution in [0.5, 0.6) is 0 Å². The topological polar surface area (TPSA) is 23.6 Å². The van der Waals surface area contributed by atoms with Crippen molar-refractivity contribution in [1.29, 1.82) is 0 Å². The first-order valence-electron chi connectivity index (χ1n) is 6.46. The van der Waals surface area contributed by atoms with E-state index in [-0.39, 0.29) is 5.92 Å². The smallest absolute Gasteiger partial charge is 0.225 e. The van der Waals surface area contributed by atoms with Crippen molar-refractivity contribution >= 4 is 5.91 Å². The summed E-state index contributed by atoms with van der Waals surface area (Å²) in [5.41, 5.74) is 0. The van der Waals surface area contributed by atoms with Crippen LogP contribution >= 0.6 is 0 Å². The molecule has 0 aliphatic carbocycles. The molecule has 0 radical (unpaired) electrons. The largest absolute Gasteiger partial charge is 0.340 e. The molecule has 3 nitrogen and oxygen atoms in total. The standard InChI is InChI=1S/C13H26N2O/c1-10(2)12(5)13(16)15-8-6-14(7-9-15)11(3)4/h10-12H,6-9H2,1-5H3. The third kappa shape index (κ3) is 3.21. The first-order valence-corrected chi connectivity index (χ1v) is 6.46. The van der Waals surface area contributed by atoms with Gasteiger partial charge in [0.25, 0.3) is 0 Å². The molecular weight excluding hydrogens is 200 g/mol. The highest BCUT2D eigenvalue weighted by Gasteiger charge is 2.26. The Balaban J connectivity index is 2.45. The molecule has 1 heterocycles. The van der Waals surface area contributed by atoms with Gasteiger partial charge in [-0.15, -0.1) is 0 Å². The predicted octanol–water partition coefficient (Wildman–Crippen LogP) is 1.83. The van der Waals surface area contributed by atoms with Crippen LogP contribution in [0.2, 0.25) is 0 Å². The predicted molar refractivity (Wildman–Crippen MR) is 67.3 cm³/mol. The average Bonchev–Trinajstić information content (AvgIpc) is 2.27. The van der Waals surface area contributed by atoms with E-state index in [1.807, 2.05) is 11.8 Å². The molecule has 0 saturated carbocycles. The molecule has 0 aromatic carbocycles. The van der Waals surface area contributed by atoms with Crippen LogP contribution in [0.25, 0.3) is 0 Å². The molecule has 1 rings (SSSR count). The van der Waals surface area contributed by atoms with Crippen LogP contribution in [0.15, 0.2) is 0 Å². The van der Waals surface area contributed by atoms with Crippen molar-refractivity contribution in [1.82, 2.24) is 9.80 Å². The lowest BCUT2D eigenvalue weighted by Gasteiger charge is -2.38. The van der Waals surface area contributed by atoms with Gasteiger partial charge in [0, 0.05) is 38.1 Å². The number of hydrogen-bond acceptors (Lipinski definition) is 2. The van der Waals surface area contributed by atoms with E-state index in [0.29, 0.717) is 17.9 Å². The number of piperazine rings is 1. The lowest BCUT2D eigenvalue weighted by atomic mass is 9.96.